The molecule has 25 heavy (non-hydrogen) atoms. The van der Waals surface area contributed by atoms with Crippen LogP contribution in [0.1, 0.15) is 20.3 Å². The number of urea groups is 1. The van der Waals surface area contributed by atoms with Gasteiger partial charge in [-0.3, -0.25) is 4.79 Å². The van der Waals surface area contributed by atoms with Gasteiger partial charge >= 0.3 is 6.03 Å². The minimum absolute atomic E-state index is 0.0937. The first-order valence-corrected chi connectivity index (χ1v) is 9.16. The van der Waals surface area contributed by atoms with E-state index < -0.39 is 0 Å². The highest BCUT2D eigenvalue weighted by atomic mass is 16.2. The fourth-order valence-electron chi connectivity index (χ4n) is 3.31. The van der Waals surface area contributed by atoms with E-state index in [0.717, 1.165) is 24.3 Å². The van der Waals surface area contributed by atoms with Crippen molar-refractivity contribution < 1.29 is 9.59 Å². The average Bonchev–Trinajstić information content (AvgIpc) is 3.37. The van der Waals surface area contributed by atoms with Gasteiger partial charge in [0.2, 0.25) is 5.91 Å². The number of carbonyl (C=O) groups is 2. The van der Waals surface area contributed by atoms with Crippen LogP contribution in [0.2, 0.25) is 0 Å². The van der Waals surface area contributed by atoms with Crippen LogP contribution >= 0.6 is 0 Å². The maximum atomic E-state index is 12.6. The van der Waals surface area contributed by atoms with Gasteiger partial charge in [-0.1, -0.05) is 19.1 Å². The number of hydrogen-bond donors (Lipinski definition) is 1. The van der Waals surface area contributed by atoms with E-state index in [4.69, 9.17) is 0 Å². The predicted molar refractivity (Wildman–Crippen MR) is 99.8 cm³/mol. The van der Waals surface area contributed by atoms with Gasteiger partial charge in [-0.15, -0.1) is 0 Å². The van der Waals surface area contributed by atoms with E-state index in [-0.39, 0.29) is 17.9 Å². The zero-order valence-electron chi connectivity index (χ0n) is 15.4. The van der Waals surface area contributed by atoms with Crippen LogP contribution in [0.25, 0.3) is 0 Å². The van der Waals surface area contributed by atoms with E-state index in [0.29, 0.717) is 32.1 Å². The quantitative estimate of drug-likeness (QED) is 0.913. The molecule has 1 aromatic carbocycles. The second-order valence-corrected chi connectivity index (χ2v) is 7.09. The molecular formula is C19H28N4O2. The van der Waals surface area contributed by atoms with Crippen LogP contribution in [0.4, 0.5) is 16.2 Å². The third kappa shape index (κ3) is 3.89. The summed E-state index contributed by atoms with van der Waals surface area (Å²) in [4.78, 5) is 30.7. The molecule has 2 aliphatic rings. The van der Waals surface area contributed by atoms with Crippen molar-refractivity contribution in [3.63, 3.8) is 0 Å². The van der Waals surface area contributed by atoms with Crippen molar-refractivity contribution in [1.82, 2.24) is 9.80 Å². The van der Waals surface area contributed by atoms with Crippen molar-refractivity contribution >= 4 is 23.3 Å². The minimum Gasteiger partial charge on any atom is -0.373 e. The Morgan fingerprint density at radius 3 is 2.36 bits per heavy atom. The van der Waals surface area contributed by atoms with Gasteiger partial charge in [0.1, 0.15) is 0 Å². The molecule has 3 amide bonds. The molecule has 2 fully saturated rings. The van der Waals surface area contributed by atoms with Crippen LogP contribution < -0.4 is 10.2 Å². The number of hydrogen-bond acceptors (Lipinski definition) is 3. The summed E-state index contributed by atoms with van der Waals surface area (Å²) in [5.41, 5.74) is 1.83. The third-order valence-corrected chi connectivity index (χ3v) is 5.34. The average molecular weight is 344 g/mol. The summed E-state index contributed by atoms with van der Waals surface area (Å²) >= 11 is 0. The largest absolute Gasteiger partial charge is 0.373 e. The first kappa shape index (κ1) is 17.6. The highest BCUT2D eigenvalue weighted by molar-refractivity contribution is 5.93. The summed E-state index contributed by atoms with van der Waals surface area (Å²) < 4.78 is 0. The molecule has 2 atom stereocenters. The molecule has 0 radical (unpaired) electrons. The molecule has 0 unspecified atom stereocenters. The summed E-state index contributed by atoms with van der Waals surface area (Å²) in [6.07, 6.45) is 1.02. The molecule has 1 aromatic rings. The lowest BCUT2D eigenvalue weighted by Crippen LogP contribution is -2.52. The molecule has 6 nitrogen and oxygen atoms in total. The van der Waals surface area contributed by atoms with Crippen molar-refractivity contribution in [2.24, 2.45) is 11.8 Å². The Labute approximate surface area is 149 Å². The monoisotopic (exact) mass is 344 g/mol. The molecule has 1 saturated carbocycles. The standard InChI is InChI=1S/C19H28N4O2/c1-4-21(3)17-8-6-5-7-16(17)20-19(25)23-11-9-22(10-12-23)18(24)15-13-14(15)2/h5-8,14-15H,4,9-13H2,1-3H3,(H,20,25)/t14-,15-/m0/s1. The van der Waals surface area contributed by atoms with Gasteiger partial charge in [0, 0.05) is 45.7 Å². The molecule has 1 N–H and O–H groups in total. The Balaban J connectivity index is 1.56. The van der Waals surface area contributed by atoms with Gasteiger partial charge in [0.05, 0.1) is 11.4 Å². The SMILES string of the molecule is CCN(C)c1ccccc1NC(=O)N1CCN(C(=O)[C@H]2C[C@@H]2C)CC1. The van der Waals surface area contributed by atoms with Gasteiger partial charge in [-0.05, 0) is 31.4 Å². The third-order valence-electron chi connectivity index (χ3n) is 5.34. The van der Waals surface area contributed by atoms with E-state index in [9.17, 15) is 9.59 Å². The smallest absolute Gasteiger partial charge is 0.322 e. The van der Waals surface area contributed by atoms with Crippen LogP contribution in [0, 0.1) is 11.8 Å². The molecule has 6 heteroatoms. The second-order valence-electron chi connectivity index (χ2n) is 7.09. The van der Waals surface area contributed by atoms with E-state index in [1.54, 1.807) is 4.90 Å². The number of nitrogens with one attached hydrogen (secondary N) is 1. The summed E-state index contributed by atoms with van der Waals surface area (Å²) in [5, 5.41) is 3.02. The van der Waals surface area contributed by atoms with Crippen molar-refractivity contribution in [2.45, 2.75) is 20.3 Å². The molecule has 1 aliphatic heterocycles. The molecule has 0 bridgehead atoms. The number of benzene rings is 1. The van der Waals surface area contributed by atoms with E-state index in [2.05, 4.69) is 24.1 Å². The van der Waals surface area contributed by atoms with E-state index >= 15 is 0 Å². The van der Waals surface area contributed by atoms with Crippen LogP contribution in [0.3, 0.4) is 0 Å². The number of nitrogens with zero attached hydrogens (tertiary/aromatic N) is 3. The lowest BCUT2D eigenvalue weighted by atomic mass is 10.2. The van der Waals surface area contributed by atoms with E-state index in [1.807, 2.05) is 36.2 Å². The molecular weight excluding hydrogens is 316 g/mol. The number of carbonyl (C=O) groups excluding carboxylic acids is 2. The topological polar surface area (TPSA) is 55.9 Å². The summed E-state index contributed by atoms with van der Waals surface area (Å²) in [6, 6.07) is 7.74. The zero-order valence-corrected chi connectivity index (χ0v) is 15.4. The maximum Gasteiger partial charge on any atom is 0.322 e. The number of para-hydroxylation sites is 2. The van der Waals surface area contributed by atoms with Gasteiger partial charge in [0.15, 0.2) is 0 Å². The van der Waals surface area contributed by atoms with Gasteiger partial charge in [0.25, 0.3) is 0 Å². The van der Waals surface area contributed by atoms with Gasteiger partial charge in [-0.2, -0.15) is 0 Å². The van der Waals surface area contributed by atoms with Crippen LogP contribution in [-0.2, 0) is 4.79 Å². The Bertz CT molecular complexity index is 640. The summed E-state index contributed by atoms with van der Waals surface area (Å²) in [7, 11) is 2.01. The van der Waals surface area contributed by atoms with Crippen molar-refractivity contribution in [2.75, 3.05) is 50.0 Å². The summed E-state index contributed by atoms with van der Waals surface area (Å²) in [5.74, 6) is 1.01. The number of amides is 3. The second kappa shape index (κ2) is 7.33. The predicted octanol–water partition coefficient (Wildman–Crippen LogP) is 2.47. The Morgan fingerprint density at radius 2 is 1.76 bits per heavy atom. The van der Waals surface area contributed by atoms with Crippen molar-refractivity contribution in [3.8, 4) is 0 Å². The number of anilines is 2. The van der Waals surface area contributed by atoms with Gasteiger partial charge in [-0.25, -0.2) is 4.79 Å². The van der Waals surface area contributed by atoms with Crippen LogP contribution in [0.5, 0.6) is 0 Å². The maximum absolute atomic E-state index is 12.6. The Hall–Kier alpha value is -2.24. The van der Waals surface area contributed by atoms with Crippen molar-refractivity contribution in [1.29, 1.82) is 0 Å². The number of piperazine rings is 1. The Morgan fingerprint density at radius 1 is 1.16 bits per heavy atom. The first-order chi connectivity index (χ1) is 12.0. The van der Waals surface area contributed by atoms with Crippen molar-refractivity contribution in [3.05, 3.63) is 24.3 Å². The van der Waals surface area contributed by atoms with E-state index in [1.165, 1.54) is 0 Å². The van der Waals surface area contributed by atoms with Crippen LogP contribution in [-0.4, -0.2) is 61.5 Å². The first-order valence-electron chi connectivity index (χ1n) is 9.16. The zero-order chi connectivity index (χ0) is 18.0. The molecule has 3 rings (SSSR count). The molecule has 136 valence electrons. The normalized spacial score (nSPS) is 22.5. The molecule has 1 aliphatic carbocycles. The fourth-order valence-corrected chi connectivity index (χ4v) is 3.31. The number of rotatable bonds is 4. The van der Waals surface area contributed by atoms with Crippen LogP contribution in [0.15, 0.2) is 24.3 Å². The summed E-state index contributed by atoms with van der Waals surface area (Å²) in [6.45, 7) is 7.51. The molecule has 0 aromatic heterocycles. The lowest BCUT2D eigenvalue weighted by molar-refractivity contribution is -0.134. The Kier molecular flexibility index (Phi) is 5.16. The molecule has 0 spiro atoms. The minimum atomic E-state index is -0.0937. The molecule has 1 saturated heterocycles. The molecule has 1 heterocycles. The highest BCUT2D eigenvalue weighted by Crippen LogP contribution is 2.39. The van der Waals surface area contributed by atoms with Gasteiger partial charge < -0.3 is 20.0 Å². The fraction of sp³-hybridized carbons (Fsp3) is 0.579. The lowest BCUT2D eigenvalue weighted by Gasteiger charge is -2.35. The highest BCUT2D eigenvalue weighted by Gasteiger charge is 2.42.